The topological polar surface area (TPSA) is 65.7 Å². The lowest BCUT2D eigenvalue weighted by Crippen LogP contribution is -2.16. The van der Waals surface area contributed by atoms with Gasteiger partial charge in [0.2, 0.25) is 5.16 Å². The third-order valence-electron chi connectivity index (χ3n) is 4.62. The molecule has 142 valence electrons. The van der Waals surface area contributed by atoms with Crippen LogP contribution in [-0.2, 0) is 17.0 Å². The summed E-state index contributed by atoms with van der Waals surface area (Å²) < 4.78 is 7.53. The van der Waals surface area contributed by atoms with Gasteiger partial charge >= 0.3 is 0 Å². The van der Waals surface area contributed by atoms with E-state index in [1.165, 1.54) is 11.1 Å². The van der Waals surface area contributed by atoms with Gasteiger partial charge < -0.3 is 4.74 Å². The number of hydrogen-bond acceptors (Lipinski definition) is 7. The molecule has 0 bridgehead atoms. The SMILES string of the molecule is CC(C)c1ccc(-c2nc(CSc3nnnn3C[C@@H]3CCCO3)cs2)cc1. The molecule has 0 unspecified atom stereocenters. The molecule has 1 aliphatic heterocycles. The van der Waals surface area contributed by atoms with E-state index in [4.69, 9.17) is 9.72 Å². The summed E-state index contributed by atoms with van der Waals surface area (Å²) in [5.41, 5.74) is 3.58. The van der Waals surface area contributed by atoms with E-state index in [0.29, 0.717) is 5.92 Å². The zero-order valence-corrected chi connectivity index (χ0v) is 17.2. The summed E-state index contributed by atoms with van der Waals surface area (Å²) in [4.78, 5) is 4.78. The van der Waals surface area contributed by atoms with Gasteiger partial charge in [-0.2, -0.15) is 0 Å². The number of hydrogen-bond donors (Lipinski definition) is 0. The van der Waals surface area contributed by atoms with Crippen LogP contribution in [0, 0.1) is 0 Å². The number of benzene rings is 1. The van der Waals surface area contributed by atoms with Gasteiger partial charge in [-0.05, 0) is 34.7 Å². The van der Waals surface area contributed by atoms with Gasteiger partial charge in [-0.1, -0.05) is 49.9 Å². The van der Waals surface area contributed by atoms with Crippen LogP contribution in [0.1, 0.15) is 43.9 Å². The van der Waals surface area contributed by atoms with Gasteiger partial charge in [0.15, 0.2) is 0 Å². The smallest absolute Gasteiger partial charge is 0.209 e. The van der Waals surface area contributed by atoms with Crippen LogP contribution >= 0.6 is 23.1 Å². The van der Waals surface area contributed by atoms with E-state index in [9.17, 15) is 0 Å². The van der Waals surface area contributed by atoms with Crippen molar-refractivity contribution in [3.8, 4) is 10.6 Å². The van der Waals surface area contributed by atoms with Crippen molar-refractivity contribution in [1.29, 1.82) is 0 Å². The molecule has 1 atom stereocenters. The lowest BCUT2D eigenvalue weighted by molar-refractivity contribution is 0.0912. The Bertz CT molecular complexity index is 868. The summed E-state index contributed by atoms with van der Waals surface area (Å²) in [5, 5.41) is 16.1. The third kappa shape index (κ3) is 4.56. The van der Waals surface area contributed by atoms with Crippen molar-refractivity contribution in [3.63, 3.8) is 0 Å². The second kappa shape index (κ2) is 8.50. The minimum absolute atomic E-state index is 0.229. The van der Waals surface area contributed by atoms with Crippen LogP contribution in [0.3, 0.4) is 0 Å². The van der Waals surface area contributed by atoms with Gasteiger partial charge in [0, 0.05) is 23.3 Å². The van der Waals surface area contributed by atoms with Crippen molar-refractivity contribution in [2.75, 3.05) is 6.61 Å². The van der Waals surface area contributed by atoms with E-state index in [-0.39, 0.29) is 6.10 Å². The Morgan fingerprint density at radius 1 is 1.30 bits per heavy atom. The molecule has 0 radical (unpaired) electrons. The standard InChI is InChI=1S/C19H23N5OS2/c1-13(2)14-5-7-15(8-6-14)18-20-16(11-26-18)12-27-19-21-22-23-24(19)10-17-4-3-9-25-17/h5-8,11,13,17H,3-4,9-10,12H2,1-2H3/t17-/m0/s1. The minimum atomic E-state index is 0.229. The highest BCUT2D eigenvalue weighted by Gasteiger charge is 2.19. The first-order chi connectivity index (χ1) is 13.2. The summed E-state index contributed by atoms with van der Waals surface area (Å²) in [7, 11) is 0. The highest BCUT2D eigenvalue weighted by Crippen LogP contribution is 2.28. The molecule has 1 saturated heterocycles. The quantitative estimate of drug-likeness (QED) is 0.547. The number of thioether (sulfide) groups is 1. The highest BCUT2D eigenvalue weighted by molar-refractivity contribution is 7.98. The Balaban J connectivity index is 1.38. The van der Waals surface area contributed by atoms with Crippen LogP contribution in [-0.4, -0.2) is 37.9 Å². The Labute approximate surface area is 167 Å². The van der Waals surface area contributed by atoms with Gasteiger partial charge in [0.25, 0.3) is 0 Å². The molecule has 8 heteroatoms. The van der Waals surface area contributed by atoms with Crippen molar-refractivity contribution >= 4 is 23.1 Å². The molecule has 0 spiro atoms. The van der Waals surface area contributed by atoms with E-state index < -0.39 is 0 Å². The van der Waals surface area contributed by atoms with Crippen molar-refractivity contribution in [3.05, 3.63) is 40.9 Å². The molecule has 3 aromatic rings. The normalized spacial score (nSPS) is 17.1. The fraction of sp³-hybridized carbons (Fsp3) is 0.474. The number of aromatic nitrogens is 5. The van der Waals surface area contributed by atoms with Gasteiger partial charge in [-0.15, -0.1) is 16.4 Å². The van der Waals surface area contributed by atoms with Crippen LogP contribution in [0.2, 0.25) is 0 Å². The number of rotatable bonds is 7. The number of nitrogens with zero attached hydrogens (tertiary/aromatic N) is 5. The molecule has 1 aliphatic rings. The van der Waals surface area contributed by atoms with Crippen LogP contribution < -0.4 is 0 Å². The predicted octanol–water partition coefficient (Wildman–Crippen LogP) is 4.39. The summed E-state index contributed by atoms with van der Waals surface area (Å²) in [6.07, 6.45) is 2.43. The first-order valence-corrected chi connectivity index (χ1v) is 11.1. The molecular weight excluding hydrogens is 378 g/mol. The van der Waals surface area contributed by atoms with Crippen molar-refractivity contribution in [2.24, 2.45) is 0 Å². The average Bonchev–Trinajstić information content (AvgIpc) is 3.43. The molecule has 2 aromatic heterocycles. The summed E-state index contributed by atoms with van der Waals surface area (Å²) in [6, 6.07) is 8.70. The molecule has 0 saturated carbocycles. The maximum Gasteiger partial charge on any atom is 0.209 e. The van der Waals surface area contributed by atoms with E-state index >= 15 is 0 Å². The Kier molecular flexibility index (Phi) is 5.85. The van der Waals surface area contributed by atoms with Crippen LogP contribution in [0.25, 0.3) is 10.6 Å². The van der Waals surface area contributed by atoms with Crippen molar-refractivity contribution in [1.82, 2.24) is 25.2 Å². The van der Waals surface area contributed by atoms with Gasteiger partial charge in [0.1, 0.15) is 5.01 Å². The van der Waals surface area contributed by atoms with Crippen molar-refractivity contribution < 1.29 is 4.74 Å². The van der Waals surface area contributed by atoms with Crippen LogP contribution in [0.15, 0.2) is 34.8 Å². The Hall–Kier alpha value is -1.77. The zero-order valence-electron chi connectivity index (χ0n) is 15.5. The third-order valence-corrected chi connectivity index (χ3v) is 6.56. The maximum atomic E-state index is 5.68. The fourth-order valence-corrected chi connectivity index (χ4v) is 4.76. The molecule has 4 rings (SSSR count). The Morgan fingerprint density at radius 2 is 2.15 bits per heavy atom. The summed E-state index contributed by atoms with van der Waals surface area (Å²) in [5.74, 6) is 1.30. The molecule has 3 heterocycles. The molecule has 1 aromatic carbocycles. The minimum Gasteiger partial charge on any atom is -0.376 e. The largest absolute Gasteiger partial charge is 0.376 e. The molecule has 6 nitrogen and oxygen atoms in total. The molecular formula is C19H23N5OS2. The van der Waals surface area contributed by atoms with Gasteiger partial charge in [-0.25, -0.2) is 9.67 Å². The number of thiazole rings is 1. The Morgan fingerprint density at radius 3 is 2.89 bits per heavy atom. The average molecular weight is 402 g/mol. The lowest BCUT2D eigenvalue weighted by atomic mass is 10.0. The monoisotopic (exact) mass is 401 g/mol. The first kappa shape index (κ1) is 18.6. The summed E-state index contributed by atoms with van der Waals surface area (Å²) >= 11 is 3.30. The fourth-order valence-electron chi connectivity index (χ4n) is 3.05. The highest BCUT2D eigenvalue weighted by atomic mass is 32.2. The zero-order chi connectivity index (χ0) is 18.6. The molecule has 0 amide bonds. The lowest BCUT2D eigenvalue weighted by Gasteiger charge is -2.09. The summed E-state index contributed by atoms with van der Waals surface area (Å²) in [6.45, 7) is 5.98. The van der Waals surface area contributed by atoms with E-state index in [1.54, 1.807) is 23.1 Å². The van der Waals surface area contributed by atoms with E-state index in [1.807, 2.05) is 4.68 Å². The number of tetrazole rings is 1. The molecule has 27 heavy (non-hydrogen) atoms. The van der Waals surface area contributed by atoms with E-state index in [2.05, 4.69) is 59.0 Å². The number of ether oxygens (including phenoxy) is 1. The van der Waals surface area contributed by atoms with Gasteiger partial charge in [-0.3, -0.25) is 0 Å². The molecule has 0 N–H and O–H groups in total. The molecule has 1 fully saturated rings. The maximum absolute atomic E-state index is 5.68. The first-order valence-electron chi connectivity index (χ1n) is 9.24. The van der Waals surface area contributed by atoms with Crippen LogP contribution in [0.5, 0.6) is 0 Å². The second-order valence-electron chi connectivity index (χ2n) is 6.99. The molecule has 0 aliphatic carbocycles. The van der Waals surface area contributed by atoms with Gasteiger partial charge in [0.05, 0.1) is 18.3 Å². The van der Waals surface area contributed by atoms with Crippen LogP contribution in [0.4, 0.5) is 0 Å². The second-order valence-corrected chi connectivity index (χ2v) is 8.79. The van der Waals surface area contributed by atoms with Crippen molar-refractivity contribution in [2.45, 2.75) is 56.2 Å². The van der Waals surface area contributed by atoms with E-state index in [0.717, 1.165) is 47.6 Å². The predicted molar refractivity (Wildman–Crippen MR) is 108 cm³/mol.